The van der Waals surface area contributed by atoms with E-state index in [-0.39, 0.29) is 0 Å². The molecule has 0 bridgehead atoms. The van der Waals surface area contributed by atoms with Crippen molar-refractivity contribution in [1.82, 2.24) is 4.57 Å². The summed E-state index contributed by atoms with van der Waals surface area (Å²) in [6, 6.07) is 26.1. The molecule has 0 saturated carbocycles. The minimum absolute atomic E-state index is 0.360. The van der Waals surface area contributed by atoms with Gasteiger partial charge in [0.15, 0.2) is 0 Å². The second-order valence-corrected chi connectivity index (χ2v) is 6.95. The highest BCUT2D eigenvalue weighted by Crippen LogP contribution is 2.35. The zero-order valence-electron chi connectivity index (χ0n) is 16.6. The van der Waals surface area contributed by atoms with Gasteiger partial charge in [-0.1, -0.05) is 66.7 Å². The molecule has 6 nitrogen and oxygen atoms in total. The monoisotopic (exact) mass is 399 g/mol. The zero-order valence-corrected chi connectivity index (χ0v) is 16.6. The van der Waals surface area contributed by atoms with Crippen molar-refractivity contribution in [2.45, 2.75) is 13.5 Å². The Hall–Kier alpha value is -3.93. The first-order chi connectivity index (χ1) is 14.6. The first kappa shape index (κ1) is 19.4. The summed E-state index contributed by atoms with van der Waals surface area (Å²) in [7, 11) is 0. The van der Waals surface area contributed by atoms with Crippen LogP contribution >= 0.6 is 0 Å². The molecule has 0 N–H and O–H groups in total. The van der Waals surface area contributed by atoms with Crippen LogP contribution in [0.5, 0.6) is 0 Å². The van der Waals surface area contributed by atoms with Crippen LogP contribution in [0.4, 0.5) is 11.4 Å². The Morgan fingerprint density at radius 1 is 0.900 bits per heavy atom. The number of hydrogen-bond donors (Lipinski definition) is 0. The van der Waals surface area contributed by atoms with Crippen LogP contribution in [0.15, 0.2) is 89.7 Å². The van der Waals surface area contributed by atoms with Crippen LogP contribution in [0, 0.1) is 10.1 Å². The highest BCUT2D eigenvalue weighted by Gasteiger charge is 2.29. The molecule has 30 heavy (non-hydrogen) atoms. The molecule has 0 fully saturated rings. The summed E-state index contributed by atoms with van der Waals surface area (Å²) >= 11 is 0. The van der Waals surface area contributed by atoms with E-state index in [1.54, 1.807) is 12.1 Å². The number of aromatic nitrogens is 1. The van der Waals surface area contributed by atoms with Crippen molar-refractivity contribution in [2.24, 2.45) is 0 Å². The van der Waals surface area contributed by atoms with E-state index >= 15 is 0 Å². The summed E-state index contributed by atoms with van der Waals surface area (Å²) in [5.74, 6) is 0. The number of fused-ring (bicyclic) bond motifs is 1. The highest BCUT2D eigenvalue weighted by molar-refractivity contribution is 5.97. The van der Waals surface area contributed by atoms with Gasteiger partial charge >= 0.3 is 11.2 Å². The number of hydrogen-bond acceptors (Lipinski definition) is 4. The number of nitro groups is 1. The molecule has 0 aliphatic carbocycles. The maximum atomic E-state index is 13.4. The average molecular weight is 399 g/mol. The van der Waals surface area contributed by atoms with Crippen molar-refractivity contribution >= 4 is 22.3 Å². The summed E-state index contributed by atoms with van der Waals surface area (Å²) < 4.78 is 1.42. The lowest BCUT2D eigenvalue weighted by Crippen LogP contribution is -2.29. The Morgan fingerprint density at radius 3 is 2.13 bits per heavy atom. The van der Waals surface area contributed by atoms with Gasteiger partial charge < -0.3 is 4.90 Å². The molecule has 0 unspecified atom stereocenters. The van der Waals surface area contributed by atoms with E-state index < -0.39 is 16.2 Å². The van der Waals surface area contributed by atoms with Gasteiger partial charge in [0.1, 0.15) is 5.69 Å². The molecule has 0 spiro atoms. The fourth-order valence-corrected chi connectivity index (χ4v) is 3.78. The van der Waals surface area contributed by atoms with Gasteiger partial charge in [-0.15, -0.1) is 0 Å². The summed E-state index contributed by atoms with van der Waals surface area (Å²) in [6.07, 6.45) is 0. The van der Waals surface area contributed by atoms with Crippen LogP contribution in [0.3, 0.4) is 0 Å². The Morgan fingerprint density at radius 2 is 1.50 bits per heavy atom. The summed E-state index contributed by atoms with van der Waals surface area (Å²) in [5, 5.41) is 12.8. The normalized spacial score (nSPS) is 10.8. The first-order valence-electron chi connectivity index (χ1n) is 9.78. The third-order valence-electron chi connectivity index (χ3n) is 5.14. The van der Waals surface area contributed by atoms with E-state index in [4.69, 9.17) is 0 Å². The molecule has 1 heterocycles. The number of benzene rings is 3. The molecule has 0 aliphatic heterocycles. The van der Waals surface area contributed by atoms with Gasteiger partial charge in [0, 0.05) is 24.2 Å². The predicted octanol–water partition coefficient (Wildman–Crippen LogP) is 4.93. The van der Waals surface area contributed by atoms with Crippen LogP contribution in [0.1, 0.15) is 12.5 Å². The van der Waals surface area contributed by atoms with E-state index in [2.05, 4.69) is 0 Å². The quantitative estimate of drug-likeness (QED) is 0.341. The van der Waals surface area contributed by atoms with Gasteiger partial charge in [0.05, 0.1) is 10.4 Å². The Labute approximate surface area is 173 Å². The first-order valence-corrected chi connectivity index (χ1v) is 9.78. The minimum Gasteiger partial charge on any atom is -0.361 e. The molecule has 0 atom stereocenters. The minimum atomic E-state index is -0.633. The molecule has 3 aromatic carbocycles. The number of nitrogens with zero attached hydrogens (tertiary/aromatic N) is 3. The molecule has 150 valence electrons. The second kappa shape index (κ2) is 8.21. The highest BCUT2D eigenvalue weighted by atomic mass is 16.6. The maximum Gasteiger partial charge on any atom is 0.358 e. The molecule has 6 heteroatoms. The molecular formula is C24H21N3O3. The fourth-order valence-electron chi connectivity index (χ4n) is 3.78. The molecule has 1 aromatic heterocycles. The van der Waals surface area contributed by atoms with E-state index in [9.17, 15) is 14.9 Å². The Bertz CT molecular complexity index is 1250. The van der Waals surface area contributed by atoms with Gasteiger partial charge in [0.25, 0.3) is 0 Å². The van der Waals surface area contributed by atoms with Crippen LogP contribution in [-0.4, -0.2) is 16.0 Å². The SMILES string of the molecule is CCN(Cc1ccccc1)c1c([N+](=O)[O-])c(=O)n(-c2ccccc2)c2ccccc12. The van der Waals surface area contributed by atoms with Crippen molar-refractivity contribution in [3.05, 3.63) is 111 Å². The molecule has 0 radical (unpaired) electrons. The fraction of sp³-hybridized carbons (Fsp3) is 0.125. The standard InChI is InChI=1S/C24H21N3O3/c1-2-25(17-18-11-5-3-6-12-18)22-20-15-9-10-16-21(20)26(19-13-7-4-8-14-19)24(28)23(22)27(29)30/h3-16H,2,17H2,1H3. The van der Waals surface area contributed by atoms with Gasteiger partial charge in [-0.25, -0.2) is 0 Å². The summed E-state index contributed by atoms with van der Waals surface area (Å²) in [4.78, 5) is 26.9. The number of para-hydroxylation sites is 2. The predicted molar refractivity (Wildman–Crippen MR) is 119 cm³/mol. The number of pyridine rings is 1. The molecule has 0 amide bonds. The maximum absolute atomic E-state index is 13.4. The third kappa shape index (κ3) is 3.43. The van der Waals surface area contributed by atoms with Crippen molar-refractivity contribution in [2.75, 3.05) is 11.4 Å². The van der Waals surface area contributed by atoms with E-state index in [1.807, 2.05) is 84.6 Å². The summed E-state index contributed by atoms with van der Waals surface area (Å²) in [5.41, 5.74) is 1.58. The number of anilines is 1. The molecule has 0 aliphatic rings. The average Bonchev–Trinajstić information content (AvgIpc) is 2.78. The topological polar surface area (TPSA) is 68.4 Å². The van der Waals surface area contributed by atoms with Crippen molar-refractivity contribution in [3.8, 4) is 5.69 Å². The molecular weight excluding hydrogens is 378 g/mol. The van der Waals surface area contributed by atoms with Crippen LogP contribution < -0.4 is 10.5 Å². The zero-order chi connectivity index (χ0) is 21.1. The lowest BCUT2D eigenvalue weighted by molar-refractivity contribution is -0.385. The van der Waals surface area contributed by atoms with Crippen molar-refractivity contribution < 1.29 is 4.92 Å². The van der Waals surface area contributed by atoms with E-state index in [1.165, 1.54) is 4.57 Å². The largest absolute Gasteiger partial charge is 0.361 e. The molecule has 0 saturated heterocycles. The third-order valence-corrected chi connectivity index (χ3v) is 5.14. The lowest BCUT2D eigenvalue weighted by Gasteiger charge is -2.25. The lowest BCUT2D eigenvalue weighted by atomic mass is 10.1. The van der Waals surface area contributed by atoms with Gasteiger partial charge in [-0.3, -0.25) is 19.5 Å². The Balaban J connectivity index is 2.04. The van der Waals surface area contributed by atoms with Gasteiger partial charge in [-0.2, -0.15) is 0 Å². The Kier molecular flexibility index (Phi) is 5.30. The van der Waals surface area contributed by atoms with Crippen LogP contribution in [-0.2, 0) is 6.54 Å². The van der Waals surface area contributed by atoms with Crippen LogP contribution in [0.25, 0.3) is 16.6 Å². The van der Waals surface area contributed by atoms with Crippen LogP contribution in [0.2, 0.25) is 0 Å². The second-order valence-electron chi connectivity index (χ2n) is 6.95. The molecule has 4 rings (SSSR count). The molecule has 4 aromatic rings. The van der Waals surface area contributed by atoms with E-state index in [0.717, 1.165) is 5.56 Å². The van der Waals surface area contributed by atoms with E-state index in [0.29, 0.717) is 35.4 Å². The number of rotatable bonds is 6. The smallest absolute Gasteiger partial charge is 0.358 e. The van der Waals surface area contributed by atoms with Crippen molar-refractivity contribution in [3.63, 3.8) is 0 Å². The van der Waals surface area contributed by atoms with Gasteiger partial charge in [0.2, 0.25) is 0 Å². The van der Waals surface area contributed by atoms with Crippen molar-refractivity contribution in [1.29, 1.82) is 0 Å². The summed E-state index contributed by atoms with van der Waals surface area (Å²) in [6.45, 7) is 2.93. The van der Waals surface area contributed by atoms with Gasteiger partial charge in [-0.05, 0) is 30.7 Å².